The molecule has 2 aromatic rings. The molecule has 0 saturated carbocycles. The smallest absolute Gasteiger partial charge is 0.227 e. The van der Waals surface area contributed by atoms with Crippen LogP contribution < -0.4 is 5.32 Å². The molecule has 1 aromatic carbocycles. The predicted octanol–water partition coefficient (Wildman–Crippen LogP) is 9.63. The van der Waals surface area contributed by atoms with E-state index >= 15 is 0 Å². The summed E-state index contributed by atoms with van der Waals surface area (Å²) in [7, 11) is 0. The van der Waals surface area contributed by atoms with E-state index in [0.717, 1.165) is 64.4 Å². The summed E-state index contributed by atoms with van der Waals surface area (Å²) in [5.74, 6) is 0.609. The van der Waals surface area contributed by atoms with Crippen molar-refractivity contribution in [3.8, 4) is 0 Å². The largest absolute Gasteiger partial charge is 0.365 e. The number of ketones is 1. The number of carbonyl (C=O) groups is 2. The van der Waals surface area contributed by atoms with E-state index in [1.165, 1.54) is 6.08 Å². The van der Waals surface area contributed by atoms with E-state index in [-0.39, 0.29) is 34.8 Å². The maximum atomic E-state index is 13.6. The van der Waals surface area contributed by atoms with Crippen LogP contribution in [0.25, 0.3) is 0 Å². The zero-order valence-electron chi connectivity index (χ0n) is 27.5. The Morgan fingerprint density at radius 2 is 1.83 bits per heavy atom. The van der Waals surface area contributed by atoms with Crippen molar-refractivity contribution in [2.45, 2.75) is 95.0 Å². The van der Waals surface area contributed by atoms with E-state index in [9.17, 15) is 9.59 Å². The summed E-state index contributed by atoms with van der Waals surface area (Å²) < 4.78 is 0. The van der Waals surface area contributed by atoms with Crippen LogP contribution in [0.1, 0.15) is 95.3 Å². The van der Waals surface area contributed by atoms with Gasteiger partial charge in [0, 0.05) is 52.1 Å². The van der Waals surface area contributed by atoms with Crippen LogP contribution >= 0.6 is 0 Å². The second-order valence-corrected chi connectivity index (χ2v) is 12.8. The van der Waals surface area contributed by atoms with Crippen LogP contribution in [0.15, 0.2) is 91.0 Å². The average molecular weight is 632 g/mol. The maximum absolute atomic E-state index is 13.6. The van der Waals surface area contributed by atoms with Crippen molar-refractivity contribution >= 4 is 23.3 Å². The van der Waals surface area contributed by atoms with E-state index in [4.69, 9.17) is 4.98 Å². The number of nitrogens with one attached hydrogen (secondary N) is 1. The number of carbonyl (C=O) groups excluding carboxylic acids is 2. The van der Waals surface area contributed by atoms with Crippen LogP contribution in [0.2, 0.25) is 0 Å². The van der Waals surface area contributed by atoms with Crippen molar-refractivity contribution in [1.29, 1.82) is 0 Å². The summed E-state index contributed by atoms with van der Waals surface area (Å²) in [6.07, 6.45) is 10.1. The first kappa shape index (κ1) is 39.8. The van der Waals surface area contributed by atoms with Gasteiger partial charge in [-0.3, -0.25) is 9.59 Å². The lowest BCUT2D eigenvalue weighted by molar-refractivity contribution is -0.129. The molecule has 2 heterocycles. The second-order valence-electron chi connectivity index (χ2n) is 12.8. The fourth-order valence-electron chi connectivity index (χ4n) is 5.42. The highest BCUT2D eigenvalue weighted by atomic mass is 16.2. The van der Waals surface area contributed by atoms with E-state index in [2.05, 4.69) is 76.5 Å². The first-order valence-corrected chi connectivity index (χ1v) is 15.4. The first-order chi connectivity index (χ1) is 20.9. The molecule has 0 fully saturated rings. The molecule has 1 aliphatic rings. The Balaban J connectivity index is 0. The summed E-state index contributed by atoms with van der Waals surface area (Å²) in [4.78, 5) is 39.1. The van der Waals surface area contributed by atoms with Crippen molar-refractivity contribution < 1.29 is 12.4 Å². The summed E-state index contributed by atoms with van der Waals surface area (Å²) >= 11 is 0. The fraction of sp³-hybridized carbons (Fsp3) is 0.436. The standard InChI is InChI=1S/C37H49N5O2.2CH4.2H2/c1-10-13-20-42(34(44)17-19-37(7,8)9)35(26(4)5)27(6)33(12-3)41-21-18-29-24-38-36(40-32(29)25-41)39-30-16-14-15-28(22-30)23-31(43)11-2;;;;/h10-12,14-16,22,24H,1-3,13,17-21,23,25H2,4-9H3,(H,38,39,40);2*1H4;2*1H/b33-27+;;;;. The van der Waals surface area contributed by atoms with Crippen LogP contribution in [0.3, 0.4) is 0 Å². The van der Waals surface area contributed by atoms with E-state index < -0.39 is 0 Å². The summed E-state index contributed by atoms with van der Waals surface area (Å²) in [6.45, 7) is 26.3. The van der Waals surface area contributed by atoms with Gasteiger partial charge in [-0.2, -0.15) is 0 Å². The van der Waals surface area contributed by atoms with Gasteiger partial charge in [0.05, 0.1) is 12.2 Å². The predicted molar refractivity (Wildman–Crippen MR) is 199 cm³/mol. The summed E-state index contributed by atoms with van der Waals surface area (Å²) in [5, 5.41) is 3.30. The maximum Gasteiger partial charge on any atom is 0.227 e. The molecule has 0 radical (unpaired) electrons. The van der Waals surface area contributed by atoms with Crippen LogP contribution in [0, 0.1) is 5.41 Å². The summed E-state index contributed by atoms with van der Waals surface area (Å²) in [6, 6.07) is 7.69. The number of fused-ring (bicyclic) bond motifs is 1. The molecule has 1 aromatic heterocycles. The van der Waals surface area contributed by atoms with Gasteiger partial charge in [0.1, 0.15) is 0 Å². The third kappa shape index (κ3) is 11.0. The number of allylic oxidation sites excluding steroid dienone is 4. The average Bonchev–Trinajstić information content (AvgIpc) is 2.97. The lowest BCUT2D eigenvalue weighted by atomic mass is 9.90. The van der Waals surface area contributed by atoms with Crippen molar-refractivity contribution in [2.24, 2.45) is 5.41 Å². The molecular formula is C39H61N5O2. The highest BCUT2D eigenvalue weighted by molar-refractivity contribution is 5.91. The van der Waals surface area contributed by atoms with Gasteiger partial charge in [0.25, 0.3) is 0 Å². The highest BCUT2D eigenvalue weighted by Gasteiger charge is 2.26. The van der Waals surface area contributed by atoms with Gasteiger partial charge in [-0.15, -0.1) is 6.58 Å². The number of amides is 1. The Labute approximate surface area is 281 Å². The Kier molecular flexibility index (Phi) is 15.6. The normalized spacial score (nSPS) is 12.7. The van der Waals surface area contributed by atoms with Crippen molar-refractivity contribution in [3.63, 3.8) is 0 Å². The third-order valence-corrected chi connectivity index (χ3v) is 7.70. The second kappa shape index (κ2) is 18.0. The number of hydrogen-bond acceptors (Lipinski definition) is 6. The van der Waals surface area contributed by atoms with Crippen LogP contribution in [0.4, 0.5) is 11.6 Å². The van der Waals surface area contributed by atoms with Gasteiger partial charge < -0.3 is 15.1 Å². The molecule has 3 rings (SSSR count). The molecule has 1 N–H and O–H groups in total. The van der Waals surface area contributed by atoms with E-state index in [1.54, 1.807) is 0 Å². The van der Waals surface area contributed by atoms with E-state index in [0.29, 0.717) is 38.3 Å². The first-order valence-electron chi connectivity index (χ1n) is 15.4. The number of anilines is 2. The molecule has 0 unspecified atom stereocenters. The Morgan fingerprint density at radius 3 is 2.43 bits per heavy atom. The fourth-order valence-corrected chi connectivity index (χ4v) is 5.42. The Morgan fingerprint density at radius 1 is 1.11 bits per heavy atom. The zero-order valence-corrected chi connectivity index (χ0v) is 27.5. The molecule has 0 spiro atoms. The number of aromatic nitrogens is 2. The van der Waals surface area contributed by atoms with Gasteiger partial charge >= 0.3 is 0 Å². The monoisotopic (exact) mass is 631 g/mol. The van der Waals surface area contributed by atoms with Gasteiger partial charge in [-0.05, 0) is 86.4 Å². The Bertz CT molecular complexity index is 1470. The number of nitrogens with zero attached hydrogens (tertiary/aromatic N) is 4. The number of rotatable bonds is 14. The van der Waals surface area contributed by atoms with Gasteiger partial charge in [0.15, 0.2) is 5.78 Å². The molecule has 7 heteroatoms. The third-order valence-electron chi connectivity index (χ3n) is 7.70. The molecule has 1 amide bonds. The lowest BCUT2D eigenvalue weighted by Gasteiger charge is -2.35. The molecule has 254 valence electrons. The Hall–Kier alpha value is -4.26. The topological polar surface area (TPSA) is 78.4 Å². The number of hydrogen-bond donors (Lipinski definition) is 1. The molecule has 46 heavy (non-hydrogen) atoms. The molecule has 0 saturated heterocycles. The quantitative estimate of drug-likeness (QED) is 0.127. The lowest BCUT2D eigenvalue weighted by Crippen LogP contribution is -2.35. The molecule has 1 aliphatic heterocycles. The van der Waals surface area contributed by atoms with E-state index in [1.807, 2.05) is 47.5 Å². The minimum atomic E-state index is -0.0250. The van der Waals surface area contributed by atoms with Crippen LogP contribution in [-0.2, 0) is 29.0 Å². The van der Waals surface area contributed by atoms with Gasteiger partial charge in [0.2, 0.25) is 11.9 Å². The zero-order chi connectivity index (χ0) is 32.4. The highest BCUT2D eigenvalue weighted by Crippen LogP contribution is 2.31. The minimum Gasteiger partial charge on any atom is -0.365 e. The SMILES string of the molecule is C.C.C=CCCN(C(=O)CCC(C)(C)C)C(=C(C)C)/C(C)=C(\C=C)N1CCc2cnc(Nc3cccc(CC(=O)C=C)c3)nc2C1.[HH].[HH]. The van der Waals surface area contributed by atoms with Gasteiger partial charge in [-0.25, -0.2) is 9.97 Å². The van der Waals surface area contributed by atoms with Crippen molar-refractivity contribution in [2.75, 3.05) is 18.4 Å². The van der Waals surface area contributed by atoms with Crippen molar-refractivity contribution in [1.82, 2.24) is 19.8 Å². The number of benzene rings is 1. The molecule has 0 atom stereocenters. The molecule has 0 bridgehead atoms. The molecule has 0 aliphatic carbocycles. The molecular weight excluding hydrogens is 570 g/mol. The van der Waals surface area contributed by atoms with Crippen molar-refractivity contribution in [3.05, 3.63) is 108 Å². The van der Waals surface area contributed by atoms with Crippen LogP contribution in [0.5, 0.6) is 0 Å². The van der Waals surface area contributed by atoms with Gasteiger partial charge in [-0.1, -0.05) is 72.6 Å². The molecule has 7 nitrogen and oxygen atoms in total. The summed E-state index contributed by atoms with van der Waals surface area (Å²) in [5.41, 5.74) is 7.90. The minimum absolute atomic E-state index is 0. The van der Waals surface area contributed by atoms with Crippen LogP contribution in [-0.4, -0.2) is 44.5 Å².